The lowest BCUT2D eigenvalue weighted by atomic mass is 9.88. The molecule has 0 saturated heterocycles. The average Bonchev–Trinajstić information content (AvgIpc) is 2.60. The Morgan fingerprint density at radius 3 is 2.39 bits per heavy atom. The molecule has 2 aromatic carbocycles. The maximum Gasteiger partial charge on any atom is 0.166 e. The molecule has 0 saturated carbocycles. The molecule has 1 aliphatic rings. The Hall–Kier alpha value is -2.40. The van der Waals surface area contributed by atoms with E-state index in [1.165, 1.54) is 0 Å². The summed E-state index contributed by atoms with van der Waals surface area (Å²) >= 11 is 0. The van der Waals surface area contributed by atoms with Crippen LogP contribution in [0.15, 0.2) is 24.3 Å². The van der Waals surface area contributed by atoms with Crippen molar-refractivity contribution in [1.29, 1.82) is 0 Å². The monoisotopic (exact) mass is 316 g/mol. The third kappa shape index (κ3) is 2.37. The summed E-state index contributed by atoms with van der Waals surface area (Å²) < 4.78 is 21.8. The number of phenolic OH excluding ortho intramolecular Hbond substituents is 1. The molecule has 2 aromatic rings. The number of benzene rings is 2. The molecule has 5 heteroatoms. The summed E-state index contributed by atoms with van der Waals surface area (Å²) in [5, 5.41) is 12.2. The van der Waals surface area contributed by atoms with E-state index >= 15 is 0 Å². The van der Waals surface area contributed by atoms with Gasteiger partial charge in [-0.3, -0.25) is 0 Å². The molecular weight excluding hydrogens is 296 g/mol. The Balaban J connectivity index is 2.39. The maximum absolute atomic E-state index is 10.7. The van der Waals surface area contributed by atoms with Crippen LogP contribution in [-0.4, -0.2) is 39.6 Å². The third-order valence-electron chi connectivity index (χ3n) is 4.26. The van der Waals surface area contributed by atoms with Crippen molar-refractivity contribution in [2.75, 3.05) is 28.4 Å². The highest BCUT2D eigenvalue weighted by Gasteiger charge is 2.28. The fourth-order valence-electron chi connectivity index (χ4n) is 3.14. The molecule has 0 aliphatic heterocycles. The summed E-state index contributed by atoms with van der Waals surface area (Å²) in [5.41, 5.74) is 1.81. The Morgan fingerprint density at radius 2 is 1.78 bits per heavy atom. The Morgan fingerprint density at radius 1 is 1.00 bits per heavy atom. The van der Waals surface area contributed by atoms with Gasteiger partial charge >= 0.3 is 0 Å². The molecule has 1 atom stereocenters. The number of phenols is 1. The number of fused-ring (bicyclic) bond motifs is 3. The van der Waals surface area contributed by atoms with Gasteiger partial charge in [0, 0.05) is 30.0 Å². The zero-order valence-corrected chi connectivity index (χ0v) is 13.7. The van der Waals surface area contributed by atoms with Gasteiger partial charge in [0.1, 0.15) is 11.5 Å². The maximum atomic E-state index is 10.7. The smallest absolute Gasteiger partial charge is 0.166 e. The van der Waals surface area contributed by atoms with Crippen molar-refractivity contribution in [1.82, 2.24) is 0 Å². The van der Waals surface area contributed by atoms with Crippen LogP contribution in [0.25, 0.3) is 16.5 Å². The Labute approximate surface area is 135 Å². The molecule has 0 aromatic heterocycles. The average molecular weight is 316 g/mol. The number of rotatable bonds is 4. The first-order chi connectivity index (χ1) is 11.1. The van der Waals surface area contributed by atoms with Gasteiger partial charge in [0.05, 0.1) is 27.4 Å². The second-order valence-corrected chi connectivity index (χ2v) is 5.36. The minimum atomic E-state index is -0.124. The zero-order valence-electron chi connectivity index (χ0n) is 13.7. The van der Waals surface area contributed by atoms with Gasteiger partial charge in [-0.25, -0.2) is 0 Å². The van der Waals surface area contributed by atoms with Crippen LogP contribution in [0.2, 0.25) is 0 Å². The normalized spacial score (nSPS) is 16.7. The predicted molar refractivity (Wildman–Crippen MR) is 88.2 cm³/mol. The molecule has 23 heavy (non-hydrogen) atoms. The van der Waals surface area contributed by atoms with E-state index in [1.807, 2.05) is 18.2 Å². The van der Waals surface area contributed by atoms with Crippen molar-refractivity contribution in [3.63, 3.8) is 0 Å². The van der Waals surface area contributed by atoms with Crippen LogP contribution in [0.4, 0.5) is 0 Å². The molecule has 0 amide bonds. The van der Waals surface area contributed by atoms with E-state index in [9.17, 15) is 5.11 Å². The van der Waals surface area contributed by atoms with E-state index in [0.717, 1.165) is 16.5 Å². The molecule has 122 valence electrons. The quantitative estimate of drug-likeness (QED) is 0.939. The van der Waals surface area contributed by atoms with Crippen LogP contribution in [0.3, 0.4) is 0 Å². The minimum Gasteiger partial charge on any atom is -0.504 e. The second kappa shape index (κ2) is 6.01. The molecule has 0 radical (unpaired) electrons. The lowest BCUT2D eigenvalue weighted by molar-refractivity contribution is 0.137. The summed E-state index contributed by atoms with van der Waals surface area (Å²) in [5.74, 6) is 1.94. The first-order valence-corrected chi connectivity index (χ1v) is 7.33. The first kappa shape index (κ1) is 15.5. The summed E-state index contributed by atoms with van der Waals surface area (Å²) in [6, 6.07) is 5.58. The summed E-state index contributed by atoms with van der Waals surface area (Å²) in [4.78, 5) is 0. The molecular formula is C18H20O5. The molecule has 0 fully saturated rings. The lowest BCUT2D eigenvalue weighted by Gasteiger charge is -2.26. The highest BCUT2D eigenvalue weighted by molar-refractivity contribution is 6.01. The standard InChI is InChI=1S/C18H20O5/c1-20-10-5-6-12-13(7-10)17(19)18(23-4)14-8-11(21-2)9-15(22-3)16(12)14/h5-7,9,11,19H,8H2,1-4H3. The van der Waals surface area contributed by atoms with E-state index in [2.05, 4.69) is 0 Å². The zero-order chi connectivity index (χ0) is 16.6. The van der Waals surface area contributed by atoms with Crippen molar-refractivity contribution in [2.45, 2.75) is 12.5 Å². The van der Waals surface area contributed by atoms with Gasteiger partial charge < -0.3 is 24.1 Å². The summed E-state index contributed by atoms with van der Waals surface area (Å²) in [6.45, 7) is 0. The van der Waals surface area contributed by atoms with E-state index in [4.69, 9.17) is 18.9 Å². The SMILES string of the molecule is COC1=CC(OC)Cc2c(OC)c(O)c3cc(OC)ccc3c21. The molecule has 0 spiro atoms. The van der Waals surface area contributed by atoms with Crippen LogP contribution in [0.5, 0.6) is 17.2 Å². The minimum absolute atomic E-state index is 0.104. The largest absolute Gasteiger partial charge is 0.504 e. The van der Waals surface area contributed by atoms with Gasteiger partial charge in [-0.15, -0.1) is 0 Å². The van der Waals surface area contributed by atoms with Crippen LogP contribution >= 0.6 is 0 Å². The van der Waals surface area contributed by atoms with E-state index in [0.29, 0.717) is 29.1 Å². The molecule has 1 unspecified atom stereocenters. The topological polar surface area (TPSA) is 57.2 Å². The number of hydrogen-bond acceptors (Lipinski definition) is 5. The van der Waals surface area contributed by atoms with Crippen LogP contribution < -0.4 is 9.47 Å². The molecule has 1 N–H and O–H groups in total. The molecule has 0 bridgehead atoms. The van der Waals surface area contributed by atoms with Gasteiger partial charge in [0.25, 0.3) is 0 Å². The number of hydrogen-bond donors (Lipinski definition) is 1. The van der Waals surface area contributed by atoms with Gasteiger partial charge in [-0.1, -0.05) is 0 Å². The van der Waals surface area contributed by atoms with E-state index < -0.39 is 0 Å². The number of aromatic hydroxyl groups is 1. The van der Waals surface area contributed by atoms with Crippen molar-refractivity contribution in [3.05, 3.63) is 35.4 Å². The highest BCUT2D eigenvalue weighted by atomic mass is 16.5. The van der Waals surface area contributed by atoms with Crippen LogP contribution in [-0.2, 0) is 15.9 Å². The first-order valence-electron chi connectivity index (χ1n) is 7.33. The molecule has 5 nitrogen and oxygen atoms in total. The predicted octanol–water partition coefficient (Wildman–Crippen LogP) is 3.12. The molecule has 0 heterocycles. The fraction of sp³-hybridized carbons (Fsp3) is 0.333. The fourth-order valence-corrected chi connectivity index (χ4v) is 3.14. The second-order valence-electron chi connectivity index (χ2n) is 5.36. The molecule has 3 rings (SSSR count). The Bertz CT molecular complexity index is 779. The van der Waals surface area contributed by atoms with Crippen LogP contribution in [0, 0.1) is 0 Å². The van der Waals surface area contributed by atoms with Gasteiger partial charge in [-0.2, -0.15) is 0 Å². The van der Waals surface area contributed by atoms with Crippen molar-refractivity contribution >= 4 is 16.5 Å². The van der Waals surface area contributed by atoms with Crippen LogP contribution in [0.1, 0.15) is 11.1 Å². The van der Waals surface area contributed by atoms with E-state index in [1.54, 1.807) is 34.5 Å². The highest BCUT2D eigenvalue weighted by Crippen LogP contribution is 2.47. The molecule has 1 aliphatic carbocycles. The van der Waals surface area contributed by atoms with Gasteiger partial charge in [0.15, 0.2) is 11.5 Å². The van der Waals surface area contributed by atoms with Crippen molar-refractivity contribution in [2.24, 2.45) is 0 Å². The number of methoxy groups -OCH3 is 4. The Kier molecular flexibility index (Phi) is 4.05. The lowest BCUT2D eigenvalue weighted by Crippen LogP contribution is -2.19. The van der Waals surface area contributed by atoms with Crippen molar-refractivity contribution < 1.29 is 24.1 Å². The number of ether oxygens (including phenoxy) is 4. The summed E-state index contributed by atoms with van der Waals surface area (Å²) in [6.07, 6.45) is 2.43. The van der Waals surface area contributed by atoms with E-state index in [-0.39, 0.29) is 11.9 Å². The van der Waals surface area contributed by atoms with Gasteiger partial charge in [-0.05, 0) is 29.7 Å². The van der Waals surface area contributed by atoms with Gasteiger partial charge in [0.2, 0.25) is 0 Å². The summed E-state index contributed by atoms with van der Waals surface area (Å²) in [7, 11) is 6.42. The third-order valence-corrected chi connectivity index (χ3v) is 4.26. The van der Waals surface area contributed by atoms with Crippen molar-refractivity contribution in [3.8, 4) is 17.2 Å².